The lowest BCUT2D eigenvalue weighted by Crippen LogP contribution is -2.30. The number of amides is 2. The topological polar surface area (TPSA) is 88.9 Å². The van der Waals surface area contributed by atoms with E-state index in [1.165, 1.54) is 11.8 Å². The van der Waals surface area contributed by atoms with Gasteiger partial charge in [-0.05, 0) is 59.7 Å². The van der Waals surface area contributed by atoms with E-state index < -0.39 is 0 Å². The van der Waals surface area contributed by atoms with Crippen LogP contribution in [0.2, 0.25) is 5.02 Å². The monoisotopic (exact) mass is 567 g/mol. The molecule has 0 radical (unpaired) electrons. The van der Waals surface area contributed by atoms with E-state index in [1.807, 2.05) is 96.5 Å². The third-order valence-corrected chi connectivity index (χ3v) is 7.52. The zero-order valence-electron chi connectivity index (χ0n) is 21.6. The molecule has 9 heteroatoms. The fraction of sp³-hybridized carbons (Fsp3) is 0.0968. The van der Waals surface area contributed by atoms with Crippen LogP contribution in [-0.4, -0.2) is 32.3 Å². The maximum atomic E-state index is 13.0. The Labute approximate surface area is 241 Å². The number of benzene rings is 4. The summed E-state index contributed by atoms with van der Waals surface area (Å²) in [6, 6.07) is 33.6. The molecule has 40 heavy (non-hydrogen) atoms. The van der Waals surface area contributed by atoms with Gasteiger partial charge in [0.1, 0.15) is 0 Å². The summed E-state index contributed by atoms with van der Waals surface area (Å²) >= 11 is 7.23. The Bertz CT molecular complexity index is 1550. The van der Waals surface area contributed by atoms with E-state index in [0.29, 0.717) is 27.3 Å². The summed E-state index contributed by atoms with van der Waals surface area (Å²) in [4.78, 5) is 25.5. The van der Waals surface area contributed by atoms with Gasteiger partial charge < -0.3 is 15.2 Å². The Balaban J connectivity index is 1.21. The Kier molecular flexibility index (Phi) is 8.59. The number of hydrogen-bond donors (Lipinski definition) is 2. The minimum Gasteiger partial charge on any atom is -0.344 e. The normalized spacial score (nSPS) is 10.9. The second-order valence-corrected chi connectivity index (χ2v) is 10.4. The molecule has 5 aromatic rings. The van der Waals surface area contributed by atoms with Gasteiger partial charge in [0.25, 0.3) is 5.91 Å². The first kappa shape index (κ1) is 27.2. The number of anilines is 1. The molecule has 0 saturated heterocycles. The van der Waals surface area contributed by atoms with Gasteiger partial charge in [-0.1, -0.05) is 84.0 Å². The Morgan fingerprint density at radius 3 is 2.02 bits per heavy atom. The number of nitrogens with one attached hydrogen (secondary N) is 2. The standard InChI is InChI=1S/C31H26ClN5O2S/c1-37-29(23-14-18-26(19-15-23)33-30(39)24-12-16-25(32)17-13-24)35-36-31(37)40-20-27(38)34-28(21-8-4-2-5-9-21)22-10-6-3-7-11-22/h2-19,28H,20H2,1H3,(H,33,39)(H,34,38). The molecule has 0 atom stereocenters. The number of carbonyl (C=O) groups is 2. The van der Waals surface area contributed by atoms with Crippen molar-refractivity contribution in [2.75, 3.05) is 11.1 Å². The average Bonchev–Trinajstić information content (AvgIpc) is 3.36. The quantitative estimate of drug-likeness (QED) is 0.202. The number of rotatable bonds is 9. The van der Waals surface area contributed by atoms with Gasteiger partial charge in [-0.15, -0.1) is 10.2 Å². The van der Waals surface area contributed by atoms with Gasteiger partial charge in [-0.2, -0.15) is 0 Å². The molecule has 0 saturated carbocycles. The second kappa shape index (κ2) is 12.6. The van der Waals surface area contributed by atoms with Gasteiger partial charge in [-0.25, -0.2) is 0 Å². The summed E-state index contributed by atoms with van der Waals surface area (Å²) in [6.45, 7) is 0. The van der Waals surface area contributed by atoms with Crippen molar-refractivity contribution in [3.63, 3.8) is 0 Å². The molecule has 7 nitrogen and oxygen atoms in total. The molecule has 1 aromatic heterocycles. The molecule has 1 heterocycles. The lowest BCUT2D eigenvalue weighted by Gasteiger charge is -2.19. The van der Waals surface area contributed by atoms with Crippen LogP contribution >= 0.6 is 23.4 Å². The lowest BCUT2D eigenvalue weighted by atomic mass is 9.99. The number of carbonyl (C=O) groups excluding carboxylic acids is 2. The Morgan fingerprint density at radius 2 is 1.43 bits per heavy atom. The second-order valence-electron chi connectivity index (χ2n) is 9.01. The van der Waals surface area contributed by atoms with Crippen LogP contribution in [-0.2, 0) is 11.8 Å². The van der Waals surface area contributed by atoms with Gasteiger partial charge in [0, 0.05) is 28.9 Å². The van der Waals surface area contributed by atoms with Crippen molar-refractivity contribution in [1.82, 2.24) is 20.1 Å². The molecule has 0 unspecified atom stereocenters. The van der Waals surface area contributed by atoms with Crippen LogP contribution in [0, 0.1) is 0 Å². The molecule has 200 valence electrons. The maximum Gasteiger partial charge on any atom is 0.255 e. The summed E-state index contributed by atoms with van der Waals surface area (Å²) < 4.78 is 1.85. The van der Waals surface area contributed by atoms with Crippen molar-refractivity contribution in [3.05, 3.63) is 131 Å². The number of hydrogen-bond acceptors (Lipinski definition) is 5. The summed E-state index contributed by atoms with van der Waals surface area (Å²) in [5, 5.41) is 15.9. The third kappa shape index (κ3) is 6.59. The van der Waals surface area contributed by atoms with Crippen LogP contribution < -0.4 is 10.6 Å². The highest BCUT2D eigenvalue weighted by Gasteiger charge is 2.18. The maximum absolute atomic E-state index is 13.0. The van der Waals surface area contributed by atoms with E-state index in [-0.39, 0.29) is 23.6 Å². The molecule has 2 N–H and O–H groups in total. The average molecular weight is 568 g/mol. The molecule has 0 bridgehead atoms. The number of aromatic nitrogens is 3. The molecule has 0 aliphatic heterocycles. The first-order valence-corrected chi connectivity index (χ1v) is 13.9. The van der Waals surface area contributed by atoms with Crippen molar-refractivity contribution in [1.29, 1.82) is 0 Å². The van der Waals surface area contributed by atoms with Gasteiger partial charge in [0.2, 0.25) is 5.91 Å². The smallest absolute Gasteiger partial charge is 0.255 e. The van der Waals surface area contributed by atoms with Gasteiger partial charge in [0.15, 0.2) is 11.0 Å². The van der Waals surface area contributed by atoms with E-state index in [0.717, 1.165) is 16.7 Å². The van der Waals surface area contributed by atoms with Crippen molar-refractivity contribution >= 4 is 40.9 Å². The van der Waals surface area contributed by atoms with E-state index in [1.54, 1.807) is 24.3 Å². The lowest BCUT2D eigenvalue weighted by molar-refractivity contribution is -0.119. The molecule has 2 amide bonds. The van der Waals surface area contributed by atoms with Crippen LogP contribution in [0.5, 0.6) is 0 Å². The molecule has 0 aliphatic carbocycles. The van der Waals surface area contributed by atoms with Crippen molar-refractivity contribution in [3.8, 4) is 11.4 Å². The number of thioether (sulfide) groups is 1. The van der Waals surface area contributed by atoms with Crippen molar-refractivity contribution in [2.24, 2.45) is 7.05 Å². The van der Waals surface area contributed by atoms with Gasteiger partial charge in [-0.3, -0.25) is 9.59 Å². The summed E-state index contributed by atoms with van der Waals surface area (Å²) in [5.74, 6) is 0.525. The molecule has 0 fully saturated rings. The minimum atomic E-state index is -0.246. The molecule has 0 aliphatic rings. The van der Waals surface area contributed by atoms with E-state index in [9.17, 15) is 9.59 Å². The molecule has 4 aromatic carbocycles. The Morgan fingerprint density at radius 1 is 0.825 bits per heavy atom. The number of nitrogens with zero attached hydrogens (tertiary/aromatic N) is 3. The molecule has 0 spiro atoms. The predicted molar refractivity (Wildman–Crippen MR) is 159 cm³/mol. The molecular formula is C31H26ClN5O2S. The first-order chi connectivity index (χ1) is 19.5. The highest BCUT2D eigenvalue weighted by atomic mass is 35.5. The highest BCUT2D eigenvalue weighted by Crippen LogP contribution is 2.26. The molecular weight excluding hydrogens is 542 g/mol. The summed E-state index contributed by atoms with van der Waals surface area (Å²) in [6.07, 6.45) is 0. The van der Waals surface area contributed by atoms with Gasteiger partial charge in [0.05, 0.1) is 11.8 Å². The number of halogens is 1. The van der Waals surface area contributed by atoms with Crippen LogP contribution in [0.4, 0.5) is 5.69 Å². The van der Waals surface area contributed by atoms with Crippen LogP contribution in [0.15, 0.2) is 114 Å². The molecule has 5 rings (SSSR count). The SMILES string of the molecule is Cn1c(SCC(=O)NC(c2ccccc2)c2ccccc2)nnc1-c1ccc(NC(=O)c2ccc(Cl)cc2)cc1. The fourth-order valence-corrected chi connectivity index (χ4v) is 5.03. The van der Waals surface area contributed by atoms with Crippen molar-refractivity contribution in [2.45, 2.75) is 11.2 Å². The summed E-state index contributed by atoms with van der Waals surface area (Å²) in [5.41, 5.74) is 4.04. The Hall–Kier alpha value is -4.40. The highest BCUT2D eigenvalue weighted by molar-refractivity contribution is 7.99. The van der Waals surface area contributed by atoms with Crippen LogP contribution in [0.3, 0.4) is 0 Å². The minimum absolute atomic E-state index is 0.104. The largest absolute Gasteiger partial charge is 0.344 e. The first-order valence-electron chi connectivity index (χ1n) is 12.6. The summed E-state index contributed by atoms with van der Waals surface area (Å²) in [7, 11) is 1.86. The van der Waals surface area contributed by atoms with E-state index in [4.69, 9.17) is 11.6 Å². The zero-order valence-corrected chi connectivity index (χ0v) is 23.2. The predicted octanol–water partition coefficient (Wildman–Crippen LogP) is 6.39. The third-order valence-electron chi connectivity index (χ3n) is 6.25. The van der Waals surface area contributed by atoms with Crippen LogP contribution in [0.1, 0.15) is 27.5 Å². The van der Waals surface area contributed by atoms with E-state index in [2.05, 4.69) is 20.8 Å². The van der Waals surface area contributed by atoms with Gasteiger partial charge >= 0.3 is 0 Å². The fourth-order valence-electron chi connectivity index (χ4n) is 4.18. The van der Waals surface area contributed by atoms with Crippen molar-refractivity contribution < 1.29 is 9.59 Å². The zero-order chi connectivity index (χ0) is 27.9. The van der Waals surface area contributed by atoms with Crippen LogP contribution in [0.25, 0.3) is 11.4 Å². The van der Waals surface area contributed by atoms with E-state index >= 15 is 0 Å².